The van der Waals surface area contributed by atoms with E-state index in [0.29, 0.717) is 11.9 Å². The van der Waals surface area contributed by atoms with Crippen LogP contribution in [0.15, 0.2) is 0 Å². The van der Waals surface area contributed by atoms with Crippen molar-refractivity contribution in [3.05, 3.63) is 0 Å². The summed E-state index contributed by atoms with van der Waals surface area (Å²) in [6.45, 7) is 10.8. The first-order valence-electron chi connectivity index (χ1n) is 4.51. The molecule has 0 radical (unpaired) electrons. The van der Waals surface area contributed by atoms with E-state index in [2.05, 4.69) is 13.8 Å². The van der Waals surface area contributed by atoms with E-state index < -0.39 is 5.69 Å². The molecule has 0 aromatic heterocycles. The quantitative estimate of drug-likeness (QED) is 0.659. The molecule has 1 atom stereocenters. The summed E-state index contributed by atoms with van der Waals surface area (Å²) in [5.41, 5.74) is -2.08. The van der Waals surface area contributed by atoms with Crippen molar-refractivity contribution in [2.45, 2.75) is 46.0 Å². The molecule has 0 bridgehead atoms. The lowest BCUT2D eigenvalue weighted by Crippen LogP contribution is -2.02. The number of hydrogen-bond acceptors (Lipinski definition) is 4. The fraction of sp³-hybridized carbons (Fsp3) is 1.00. The van der Waals surface area contributed by atoms with Crippen LogP contribution in [0.2, 0.25) is 0 Å². The van der Waals surface area contributed by atoms with Crippen molar-refractivity contribution in [3.63, 3.8) is 0 Å². The van der Waals surface area contributed by atoms with E-state index in [-0.39, 0.29) is 6.10 Å². The zero-order valence-electron chi connectivity index (χ0n) is 8.94. The molecule has 0 fully saturated rings. The lowest BCUT2D eigenvalue weighted by atomic mass is 10.5. The summed E-state index contributed by atoms with van der Waals surface area (Å²) < 4.78 is 11.2. The topological polar surface area (TPSA) is 18.5 Å². The fourth-order valence-corrected chi connectivity index (χ4v) is 7.38. The molecular formula is C8H19O2PS2. The van der Waals surface area contributed by atoms with E-state index in [1.54, 1.807) is 11.4 Å². The van der Waals surface area contributed by atoms with E-state index >= 15 is 0 Å². The van der Waals surface area contributed by atoms with Gasteiger partial charge in [-0.25, -0.2) is 0 Å². The van der Waals surface area contributed by atoms with Gasteiger partial charge >= 0.3 is 0 Å². The Kier molecular flexibility index (Phi) is 6.87. The summed E-state index contributed by atoms with van der Waals surface area (Å²) in [7, 11) is 0. The summed E-state index contributed by atoms with van der Waals surface area (Å²) >= 11 is 7.02. The smallest absolute Gasteiger partial charge is 0.247 e. The minimum atomic E-state index is -2.08. The Morgan fingerprint density at radius 3 is 2.15 bits per heavy atom. The van der Waals surface area contributed by atoms with Crippen LogP contribution in [-0.2, 0) is 20.9 Å². The van der Waals surface area contributed by atoms with Gasteiger partial charge in [0.05, 0.1) is 12.7 Å². The molecule has 0 spiro atoms. The molecule has 0 aliphatic heterocycles. The molecule has 0 aromatic rings. The van der Waals surface area contributed by atoms with E-state index in [1.165, 1.54) is 0 Å². The third-order valence-electron chi connectivity index (χ3n) is 0.967. The van der Waals surface area contributed by atoms with E-state index in [9.17, 15) is 0 Å². The molecule has 0 saturated carbocycles. The van der Waals surface area contributed by atoms with E-state index in [1.807, 2.05) is 20.8 Å². The second kappa shape index (κ2) is 6.41. The number of rotatable bonds is 6. The van der Waals surface area contributed by atoms with Gasteiger partial charge in [-0.15, -0.1) is 0 Å². The first-order valence-corrected chi connectivity index (χ1v) is 8.63. The highest BCUT2D eigenvalue weighted by Gasteiger charge is 2.22. The van der Waals surface area contributed by atoms with Crippen molar-refractivity contribution in [2.75, 3.05) is 6.61 Å². The van der Waals surface area contributed by atoms with Gasteiger partial charge in [0.25, 0.3) is 0 Å². The second-order valence-electron chi connectivity index (χ2n) is 3.17. The SMILES string of the molecule is CCOP(=S)(OC(C)C)SC(C)C. The minimum absolute atomic E-state index is 0.142. The van der Waals surface area contributed by atoms with Gasteiger partial charge < -0.3 is 9.05 Å². The van der Waals surface area contributed by atoms with Crippen molar-refractivity contribution in [2.24, 2.45) is 0 Å². The van der Waals surface area contributed by atoms with E-state index in [0.717, 1.165) is 0 Å². The van der Waals surface area contributed by atoms with Crippen molar-refractivity contribution >= 4 is 28.9 Å². The molecule has 2 nitrogen and oxygen atoms in total. The molecule has 0 heterocycles. The molecule has 1 unspecified atom stereocenters. The Labute approximate surface area is 90.7 Å². The lowest BCUT2D eigenvalue weighted by molar-refractivity contribution is 0.220. The Hall–Kier alpha value is 0.920. The largest absolute Gasteiger partial charge is 0.322 e. The molecular weight excluding hydrogens is 223 g/mol. The first kappa shape index (κ1) is 13.9. The standard InChI is InChI=1S/C8H19O2PS2/c1-6-9-11(12,10-7(2)3)13-8(4)5/h7-8H,6H2,1-5H3. The molecule has 5 heteroatoms. The maximum absolute atomic E-state index is 5.66. The highest BCUT2D eigenvalue weighted by molar-refractivity contribution is 8.68. The van der Waals surface area contributed by atoms with Crippen LogP contribution in [0, 0.1) is 0 Å². The summed E-state index contributed by atoms with van der Waals surface area (Å²) in [5, 5.41) is 0.455. The molecule has 13 heavy (non-hydrogen) atoms. The molecule has 0 aliphatic carbocycles. The van der Waals surface area contributed by atoms with Gasteiger partial charge in [-0.05, 0) is 32.6 Å². The zero-order chi connectivity index (χ0) is 10.5. The van der Waals surface area contributed by atoms with Crippen LogP contribution in [0.1, 0.15) is 34.6 Å². The molecule has 0 amide bonds. The molecule has 0 N–H and O–H groups in total. The van der Waals surface area contributed by atoms with Crippen LogP contribution >= 0.6 is 17.1 Å². The number of hydrogen-bond donors (Lipinski definition) is 0. The van der Waals surface area contributed by atoms with Gasteiger partial charge in [0.15, 0.2) is 0 Å². The Morgan fingerprint density at radius 2 is 1.85 bits per heavy atom. The van der Waals surface area contributed by atoms with Crippen molar-refractivity contribution < 1.29 is 9.05 Å². The normalized spacial score (nSPS) is 16.5. The summed E-state index contributed by atoms with van der Waals surface area (Å²) in [6, 6.07) is 0. The van der Waals surface area contributed by atoms with Gasteiger partial charge in [-0.3, -0.25) is 0 Å². The Bertz CT molecular complexity index is 169. The van der Waals surface area contributed by atoms with Gasteiger partial charge in [0.1, 0.15) is 0 Å². The van der Waals surface area contributed by atoms with Crippen LogP contribution in [0.4, 0.5) is 0 Å². The predicted octanol–water partition coefficient (Wildman–Crippen LogP) is 3.81. The second-order valence-corrected chi connectivity index (χ2v) is 9.90. The molecule has 0 rings (SSSR count). The molecule has 0 aliphatic rings. The minimum Gasteiger partial charge on any atom is -0.322 e. The van der Waals surface area contributed by atoms with Gasteiger partial charge in [0.2, 0.25) is 5.69 Å². The van der Waals surface area contributed by atoms with Crippen LogP contribution in [0.5, 0.6) is 0 Å². The Morgan fingerprint density at radius 1 is 1.31 bits per heavy atom. The zero-order valence-corrected chi connectivity index (χ0v) is 11.5. The summed E-state index contributed by atoms with van der Waals surface area (Å²) in [5.74, 6) is 0. The molecule has 0 aromatic carbocycles. The van der Waals surface area contributed by atoms with Gasteiger partial charge in [0, 0.05) is 5.25 Å². The first-order chi connectivity index (χ1) is 5.89. The summed E-state index contributed by atoms with van der Waals surface area (Å²) in [6.07, 6.45) is 0.142. The third kappa shape index (κ3) is 6.92. The molecule has 80 valence electrons. The molecule has 0 saturated heterocycles. The maximum Gasteiger partial charge on any atom is 0.247 e. The van der Waals surface area contributed by atoms with Crippen molar-refractivity contribution in [3.8, 4) is 0 Å². The predicted molar refractivity (Wildman–Crippen MR) is 64.9 cm³/mol. The third-order valence-corrected chi connectivity index (χ3v) is 6.86. The van der Waals surface area contributed by atoms with Crippen LogP contribution in [-0.4, -0.2) is 18.0 Å². The van der Waals surface area contributed by atoms with Crippen molar-refractivity contribution in [1.82, 2.24) is 0 Å². The average Bonchev–Trinajstić information content (AvgIpc) is 1.81. The van der Waals surface area contributed by atoms with E-state index in [4.69, 9.17) is 20.9 Å². The average molecular weight is 242 g/mol. The summed E-state index contributed by atoms with van der Waals surface area (Å²) in [4.78, 5) is 0. The highest BCUT2D eigenvalue weighted by atomic mass is 32.9. The van der Waals surface area contributed by atoms with Crippen LogP contribution in [0.25, 0.3) is 0 Å². The lowest BCUT2D eigenvalue weighted by Gasteiger charge is -2.24. The van der Waals surface area contributed by atoms with Crippen LogP contribution in [0.3, 0.4) is 0 Å². The van der Waals surface area contributed by atoms with Gasteiger partial charge in [-0.2, -0.15) is 0 Å². The maximum atomic E-state index is 5.66. The fourth-order valence-electron chi connectivity index (χ4n) is 0.760. The van der Waals surface area contributed by atoms with Crippen LogP contribution < -0.4 is 0 Å². The van der Waals surface area contributed by atoms with Crippen molar-refractivity contribution in [1.29, 1.82) is 0 Å². The highest BCUT2D eigenvalue weighted by Crippen LogP contribution is 2.63. The van der Waals surface area contributed by atoms with Gasteiger partial charge in [-0.1, -0.05) is 25.2 Å². The monoisotopic (exact) mass is 242 g/mol. The Balaban J connectivity index is 4.25.